The molecule has 2 rings (SSSR count). The summed E-state index contributed by atoms with van der Waals surface area (Å²) in [5.74, 6) is -0.507. The SMILES string of the molecule is Cc1cc(C)cc(C(=O)NCC(=O)NC(C)c2cccc(Cl)c2)c1. The molecular formula is C19H21ClN2O2. The summed E-state index contributed by atoms with van der Waals surface area (Å²) in [6.07, 6.45) is 0. The van der Waals surface area contributed by atoms with Gasteiger partial charge in [-0.05, 0) is 50.6 Å². The van der Waals surface area contributed by atoms with E-state index in [4.69, 9.17) is 11.6 Å². The lowest BCUT2D eigenvalue weighted by molar-refractivity contribution is -0.120. The maximum absolute atomic E-state index is 12.1. The maximum atomic E-state index is 12.1. The molecule has 2 N–H and O–H groups in total. The Balaban J connectivity index is 1.89. The van der Waals surface area contributed by atoms with Crippen LogP contribution < -0.4 is 10.6 Å². The molecule has 0 saturated heterocycles. The molecular weight excluding hydrogens is 324 g/mol. The monoisotopic (exact) mass is 344 g/mol. The molecule has 0 aliphatic carbocycles. The Bertz CT molecular complexity index is 739. The van der Waals surface area contributed by atoms with E-state index in [0.29, 0.717) is 10.6 Å². The average Bonchev–Trinajstić information content (AvgIpc) is 2.51. The van der Waals surface area contributed by atoms with Gasteiger partial charge in [0.1, 0.15) is 0 Å². The third-order valence-electron chi connectivity index (χ3n) is 3.62. The number of benzene rings is 2. The quantitative estimate of drug-likeness (QED) is 0.871. The largest absolute Gasteiger partial charge is 0.348 e. The van der Waals surface area contributed by atoms with Gasteiger partial charge in [-0.3, -0.25) is 9.59 Å². The molecule has 0 bridgehead atoms. The predicted octanol–water partition coefficient (Wildman–Crippen LogP) is 3.56. The van der Waals surface area contributed by atoms with E-state index in [-0.39, 0.29) is 24.4 Å². The van der Waals surface area contributed by atoms with E-state index in [0.717, 1.165) is 16.7 Å². The van der Waals surface area contributed by atoms with Crippen LogP contribution in [0, 0.1) is 13.8 Å². The summed E-state index contributed by atoms with van der Waals surface area (Å²) < 4.78 is 0. The number of amides is 2. The second-order valence-corrected chi connectivity index (χ2v) is 6.34. The molecule has 0 spiro atoms. The predicted molar refractivity (Wildman–Crippen MR) is 96.3 cm³/mol. The molecule has 2 aromatic rings. The Hall–Kier alpha value is -2.33. The maximum Gasteiger partial charge on any atom is 0.251 e. The molecule has 1 atom stereocenters. The zero-order valence-electron chi connectivity index (χ0n) is 14.0. The molecule has 0 aromatic heterocycles. The number of carbonyl (C=O) groups is 2. The Labute approximate surface area is 147 Å². The van der Waals surface area contributed by atoms with Gasteiger partial charge in [0.2, 0.25) is 5.91 Å². The van der Waals surface area contributed by atoms with Crippen LogP contribution >= 0.6 is 11.6 Å². The average molecular weight is 345 g/mol. The molecule has 0 aliphatic rings. The minimum Gasteiger partial charge on any atom is -0.348 e. The molecule has 4 nitrogen and oxygen atoms in total. The van der Waals surface area contributed by atoms with E-state index in [1.165, 1.54) is 0 Å². The highest BCUT2D eigenvalue weighted by atomic mass is 35.5. The van der Waals surface area contributed by atoms with Crippen molar-refractivity contribution >= 4 is 23.4 Å². The van der Waals surface area contributed by atoms with Crippen molar-refractivity contribution in [3.63, 3.8) is 0 Å². The van der Waals surface area contributed by atoms with Gasteiger partial charge in [0.25, 0.3) is 5.91 Å². The van der Waals surface area contributed by atoms with Crippen molar-refractivity contribution in [2.24, 2.45) is 0 Å². The number of hydrogen-bond acceptors (Lipinski definition) is 2. The second kappa shape index (κ2) is 7.97. The summed E-state index contributed by atoms with van der Waals surface area (Å²) in [6.45, 7) is 5.67. The molecule has 0 fully saturated rings. The summed E-state index contributed by atoms with van der Waals surface area (Å²) in [5, 5.41) is 6.11. The molecule has 0 heterocycles. The third-order valence-corrected chi connectivity index (χ3v) is 3.85. The summed E-state index contributed by atoms with van der Waals surface area (Å²) in [7, 11) is 0. The van der Waals surface area contributed by atoms with Gasteiger partial charge >= 0.3 is 0 Å². The number of aryl methyl sites for hydroxylation is 2. The summed E-state index contributed by atoms with van der Waals surface area (Å²) in [6, 6.07) is 12.7. The highest BCUT2D eigenvalue weighted by Crippen LogP contribution is 2.17. The Morgan fingerprint density at radius 1 is 1.08 bits per heavy atom. The van der Waals surface area contributed by atoms with Gasteiger partial charge < -0.3 is 10.6 Å². The zero-order valence-corrected chi connectivity index (χ0v) is 14.8. The van der Waals surface area contributed by atoms with Crippen molar-refractivity contribution in [2.45, 2.75) is 26.8 Å². The normalized spacial score (nSPS) is 11.7. The van der Waals surface area contributed by atoms with E-state index >= 15 is 0 Å². The van der Waals surface area contributed by atoms with Crippen LogP contribution in [-0.2, 0) is 4.79 Å². The topological polar surface area (TPSA) is 58.2 Å². The van der Waals surface area contributed by atoms with Crippen LogP contribution in [0.25, 0.3) is 0 Å². The minimum atomic E-state index is -0.257. The van der Waals surface area contributed by atoms with Crippen LogP contribution in [-0.4, -0.2) is 18.4 Å². The van der Waals surface area contributed by atoms with Crippen LogP contribution in [0.15, 0.2) is 42.5 Å². The van der Waals surface area contributed by atoms with E-state index in [9.17, 15) is 9.59 Å². The molecule has 126 valence electrons. The van der Waals surface area contributed by atoms with Gasteiger partial charge in [-0.15, -0.1) is 0 Å². The number of rotatable bonds is 5. The summed E-state index contributed by atoms with van der Waals surface area (Å²) in [5.41, 5.74) is 3.50. The van der Waals surface area contributed by atoms with E-state index in [1.54, 1.807) is 24.3 Å². The van der Waals surface area contributed by atoms with Crippen LogP contribution in [0.2, 0.25) is 5.02 Å². The number of nitrogens with one attached hydrogen (secondary N) is 2. The first kappa shape index (κ1) is 18.0. The Morgan fingerprint density at radius 3 is 2.38 bits per heavy atom. The highest BCUT2D eigenvalue weighted by molar-refractivity contribution is 6.30. The number of hydrogen-bond donors (Lipinski definition) is 2. The number of halogens is 1. The fourth-order valence-corrected chi connectivity index (χ4v) is 2.72. The standard InChI is InChI=1S/C19H21ClN2O2/c1-12-7-13(2)9-16(8-12)19(24)21-11-18(23)22-14(3)15-5-4-6-17(20)10-15/h4-10,14H,11H2,1-3H3,(H,21,24)(H,22,23). The van der Waals surface area contributed by atoms with E-state index in [2.05, 4.69) is 10.6 Å². The first-order valence-electron chi connectivity index (χ1n) is 7.76. The second-order valence-electron chi connectivity index (χ2n) is 5.90. The Morgan fingerprint density at radius 2 is 1.75 bits per heavy atom. The molecule has 1 unspecified atom stereocenters. The van der Waals surface area contributed by atoms with Gasteiger partial charge in [-0.2, -0.15) is 0 Å². The van der Waals surface area contributed by atoms with Crippen molar-refractivity contribution in [3.8, 4) is 0 Å². The van der Waals surface area contributed by atoms with Crippen molar-refractivity contribution in [1.82, 2.24) is 10.6 Å². The van der Waals surface area contributed by atoms with Gasteiger partial charge in [0, 0.05) is 10.6 Å². The molecule has 5 heteroatoms. The van der Waals surface area contributed by atoms with Crippen LogP contribution in [0.3, 0.4) is 0 Å². The number of carbonyl (C=O) groups excluding carboxylic acids is 2. The summed E-state index contributed by atoms with van der Waals surface area (Å²) >= 11 is 5.95. The van der Waals surface area contributed by atoms with Crippen molar-refractivity contribution in [3.05, 3.63) is 69.7 Å². The van der Waals surface area contributed by atoms with Gasteiger partial charge in [-0.25, -0.2) is 0 Å². The molecule has 0 aliphatic heterocycles. The zero-order chi connectivity index (χ0) is 17.7. The van der Waals surface area contributed by atoms with Crippen LogP contribution in [0.4, 0.5) is 0 Å². The van der Waals surface area contributed by atoms with Gasteiger partial charge in [-0.1, -0.05) is 40.9 Å². The summed E-state index contributed by atoms with van der Waals surface area (Å²) in [4.78, 5) is 24.2. The lowest BCUT2D eigenvalue weighted by atomic mass is 10.1. The van der Waals surface area contributed by atoms with Crippen molar-refractivity contribution in [2.75, 3.05) is 6.54 Å². The van der Waals surface area contributed by atoms with E-state index < -0.39 is 0 Å². The van der Waals surface area contributed by atoms with E-state index in [1.807, 2.05) is 39.0 Å². The van der Waals surface area contributed by atoms with Crippen LogP contribution in [0.1, 0.15) is 40.0 Å². The van der Waals surface area contributed by atoms with Crippen molar-refractivity contribution in [1.29, 1.82) is 0 Å². The first-order valence-corrected chi connectivity index (χ1v) is 8.14. The first-order chi connectivity index (χ1) is 11.3. The lowest BCUT2D eigenvalue weighted by Crippen LogP contribution is -2.38. The van der Waals surface area contributed by atoms with Gasteiger partial charge in [0.05, 0.1) is 12.6 Å². The Kier molecular flexibility index (Phi) is 5.99. The molecule has 0 radical (unpaired) electrons. The lowest BCUT2D eigenvalue weighted by Gasteiger charge is -2.15. The fraction of sp³-hybridized carbons (Fsp3) is 0.263. The molecule has 0 saturated carbocycles. The molecule has 2 aromatic carbocycles. The van der Waals surface area contributed by atoms with Crippen molar-refractivity contribution < 1.29 is 9.59 Å². The molecule has 24 heavy (non-hydrogen) atoms. The van der Waals surface area contributed by atoms with Crippen LogP contribution in [0.5, 0.6) is 0 Å². The highest BCUT2D eigenvalue weighted by Gasteiger charge is 2.12. The third kappa shape index (κ3) is 5.10. The smallest absolute Gasteiger partial charge is 0.251 e. The van der Waals surface area contributed by atoms with Gasteiger partial charge in [0.15, 0.2) is 0 Å². The fourth-order valence-electron chi connectivity index (χ4n) is 2.52. The minimum absolute atomic E-state index is 0.0727. The molecule has 2 amide bonds.